The molecule has 1 unspecified atom stereocenters. The van der Waals surface area contributed by atoms with Crippen LogP contribution in [0.2, 0.25) is 0 Å². The van der Waals surface area contributed by atoms with Gasteiger partial charge < -0.3 is 5.11 Å². The molecule has 0 aromatic heterocycles. The minimum Gasteiger partial charge on any atom is -0.388 e. The predicted molar refractivity (Wildman–Crippen MR) is 70.8 cm³/mol. The van der Waals surface area contributed by atoms with Gasteiger partial charge in [-0.2, -0.15) is 0 Å². The van der Waals surface area contributed by atoms with Crippen molar-refractivity contribution in [2.24, 2.45) is 0 Å². The molecule has 0 amide bonds. The number of aryl methyl sites for hydroxylation is 2. The number of benzene rings is 2. The van der Waals surface area contributed by atoms with E-state index in [1.807, 2.05) is 31.2 Å². The van der Waals surface area contributed by atoms with E-state index in [0.717, 1.165) is 11.6 Å². The molecule has 0 bridgehead atoms. The first-order valence-corrected chi connectivity index (χ1v) is 6.25. The van der Waals surface area contributed by atoms with Crippen LogP contribution in [-0.2, 0) is 6.42 Å². The van der Waals surface area contributed by atoms with Gasteiger partial charge in [0.15, 0.2) is 11.6 Å². The molecule has 0 aliphatic heterocycles. The lowest BCUT2D eigenvalue weighted by molar-refractivity contribution is 0.162. The number of hydrogen-bond donors (Lipinski definition) is 1. The molecular weight excluding hydrogens is 246 g/mol. The SMILES string of the molecule is Cc1ccc(CCC(O)c2cccc(F)c2F)cc1. The highest BCUT2D eigenvalue weighted by atomic mass is 19.2. The lowest BCUT2D eigenvalue weighted by Gasteiger charge is -2.12. The highest BCUT2D eigenvalue weighted by Crippen LogP contribution is 2.23. The van der Waals surface area contributed by atoms with E-state index >= 15 is 0 Å². The summed E-state index contributed by atoms with van der Waals surface area (Å²) >= 11 is 0. The zero-order chi connectivity index (χ0) is 13.8. The zero-order valence-electron chi connectivity index (χ0n) is 10.7. The van der Waals surface area contributed by atoms with Crippen LogP contribution in [0, 0.1) is 18.6 Å². The van der Waals surface area contributed by atoms with Crippen molar-refractivity contribution in [2.45, 2.75) is 25.9 Å². The summed E-state index contributed by atoms with van der Waals surface area (Å²) in [4.78, 5) is 0. The lowest BCUT2D eigenvalue weighted by atomic mass is 10.0. The van der Waals surface area contributed by atoms with E-state index < -0.39 is 17.7 Å². The monoisotopic (exact) mass is 262 g/mol. The summed E-state index contributed by atoms with van der Waals surface area (Å²) in [6.07, 6.45) is -0.00195. The van der Waals surface area contributed by atoms with Crippen molar-refractivity contribution >= 4 is 0 Å². The maximum Gasteiger partial charge on any atom is 0.164 e. The first-order valence-electron chi connectivity index (χ1n) is 6.25. The Morgan fingerprint density at radius 1 is 1.05 bits per heavy atom. The van der Waals surface area contributed by atoms with Gasteiger partial charge >= 0.3 is 0 Å². The molecule has 0 saturated heterocycles. The van der Waals surface area contributed by atoms with Crippen molar-refractivity contribution in [3.63, 3.8) is 0 Å². The second kappa shape index (κ2) is 5.93. The summed E-state index contributed by atoms with van der Waals surface area (Å²) < 4.78 is 26.6. The molecule has 2 aromatic rings. The fourth-order valence-corrected chi connectivity index (χ4v) is 1.99. The van der Waals surface area contributed by atoms with Gasteiger partial charge in [-0.3, -0.25) is 0 Å². The van der Waals surface area contributed by atoms with Crippen LogP contribution in [0.5, 0.6) is 0 Å². The zero-order valence-corrected chi connectivity index (χ0v) is 10.7. The number of aliphatic hydroxyl groups is 1. The molecule has 0 saturated carbocycles. The van der Waals surface area contributed by atoms with Crippen LogP contribution in [0.4, 0.5) is 8.78 Å². The first-order chi connectivity index (χ1) is 9.08. The van der Waals surface area contributed by atoms with E-state index in [9.17, 15) is 13.9 Å². The largest absolute Gasteiger partial charge is 0.388 e. The van der Waals surface area contributed by atoms with Crippen LogP contribution in [0.1, 0.15) is 29.2 Å². The van der Waals surface area contributed by atoms with Crippen molar-refractivity contribution in [1.29, 1.82) is 0 Å². The van der Waals surface area contributed by atoms with Crippen LogP contribution < -0.4 is 0 Å². The van der Waals surface area contributed by atoms with Crippen molar-refractivity contribution in [2.75, 3.05) is 0 Å². The molecule has 3 heteroatoms. The summed E-state index contributed by atoms with van der Waals surface area (Å²) in [7, 11) is 0. The Kier molecular flexibility index (Phi) is 4.27. The highest BCUT2D eigenvalue weighted by molar-refractivity contribution is 5.23. The van der Waals surface area contributed by atoms with E-state index in [1.165, 1.54) is 17.7 Å². The maximum absolute atomic E-state index is 13.5. The van der Waals surface area contributed by atoms with Gasteiger partial charge in [0.25, 0.3) is 0 Å². The van der Waals surface area contributed by atoms with Crippen LogP contribution in [0.25, 0.3) is 0 Å². The third-order valence-electron chi connectivity index (χ3n) is 3.17. The summed E-state index contributed by atoms with van der Waals surface area (Å²) in [5.41, 5.74) is 2.26. The topological polar surface area (TPSA) is 20.2 Å². The number of halogens is 2. The molecule has 2 rings (SSSR count). The highest BCUT2D eigenvalue weighted by Gasteiger charge is 2.15. The molecule has 0 heterocycles. The smallest absolute Gasteiger partial charge is 0.164 e. The van der Waals surface area contributed by atoms with Gasteiger partial charge in [0, 0.05) is 5.56 Å². The Morgan fingerprint density at radius 2 is 1.74 bits per heavy atom. The molecule has 100 valence electrons. The predicted octanol–water partition coefficient (Wildman–Crippen LogP) is 3.94. The minimum atomic E-state index is -0.989. The number of rotatable bonds is 4. The third kappa shape index (κ3) is 3.38. The maximum atomic E-state index is 13.5. The lowest BCUT2D eigenvalue weighted by Crippen LogP contribution is -2.04. The van der Waals surface area contributed by atoms with Crippen molar-refractivity contribution < 1.29 is 13.9 Å². The van der Waals surface area contributed by atoms with Gasteiger partial charge in [0.05, 0.1) is 6.10 Å². The van der Waals surface area contributed by atoms with Crippen LogP contribution in [0.15, 0.2) is 42.5 Å². The molecule has 0 aliphatic carbocycles. The van der Waals surface area contributed by atoms with Gasteiger partial charge in [-0.05, 0) is 31.4 Å². The Labute approximate surface area is 111 Å². The fraction of sp³-hybridized carbons (Fsp3) is 0.250. The fourth-order valence-electron chi connectivity index (χ4n) is 1.99. The van der Waals surface area contributed by atoms with E-state index in [2.05, 4.69) is 0 Å². The van der Waals surface area contributed by atoms with Crippen molar-refractivity contribution in [3.8, 4) is 0 Å². The summed E-state index contributed by atoms with van der Waals surface area (Å²) in [5, 5.41) is 9.94. The van der Waals surface area contributed by atoms with Gasteiger partial charge in [-0.1, -0.05) is 42.0 Å². The quantitative estimate of drug-likeness (QED) is 0.884. The van der Waals surface area contributed by atoms with E-state index in [-0.39, 0.29) is 5.56 Å². The molecule has 1 nitrogen and oxygen atoms in total. The van der Waals surface area contributed by atoms with Gasteiger partial charge in [-0.25, -0.2) is 8.78 Å². The van der Waals surface area contributed by atoms with Gasteiger partial charge in [-0.15, -0.1) is 0 Å². The summed E-state index contributed by atoms with van der Waals surface area (Å²) in [6.45, 7) is 2.00. The molecule has 19 heavy (non-hydrogen) atoms. The molecular formula is C16H16F2O. The Balaban J connectivity index is 2.03. The van der Waals surface area contributed by atoms with E-state index in [1.54, 1.807) is 0 Å². The average Bonchev–Trinajstić information content (AvgIpc) is 2.41. The molecule has 0 fully saturated rings. The standard InChI is InChI=1S/C16H16F2O/c1-11-5-7-12(8-6-11)9-10-15(19)13-3-2-4-14(17)16(13)18/h2-8,15,19H,9-10H2,1H3. The van der Waals surface area contributed by atoms with Crippen LogP contribution >= 0.6 is 0 Å². The van der Waals surface area contributed by atoms with Crippen LogP contribution in [-0.4, -0.2) is 5.11 Å². The van der Waals surface area contributed by atoms with Gasteiger partial charge in [0.2, 0.25) is 0 Å². The minimum absolute atomic E-state index is 0.0205. The number of hydrogen-bond acceptors (Lipinski definition) is 1. The molecule has 0 aliphatic rings. The normalized spacial score (nSPS) is 12.4. The summed E-state index contributed by atoms with van der Waals surface area (Å²) in [5.74, 6) is -1.88. The molecule has 1 N–H and O–H groups in total. The van der Waals surface area contributed by atoms with Crippen LogP contribution in [0.3, 0.4) is 0 Å². The van der Waals surface area contributed by atoms with Crippen molar-refractivity contribution in [1.82, 2.24) is 0 Å². The second-order valence-electron chi connectivity index (χ2n) is 4.68. The van der Waals surface area contributed by atoms with E-state index in [0.29, 0.717) is 12.8 Å². The average molecular weight is 262 g/mol. The van der Waals surface area contributed by atoms with Crippen molar-refractivity contribution in [3.05, 3.63) is 70.8 Å². The second-order valence-corrected chi connectivity index (χ2v) is 4.68. The number of aliphatic hydroxyl groups excluding tert-OH is 1. The molecule has 1 atom stereocenters. The Hall–Kier alpha value is -1.74. The summed E-state index contributed by atoms with van der Waals surface area (Å²) in [6, 6.07) is 11.8. The first kappa shape index (κ1) is 13.7. The Morgan fingerprint density at radius 3 is 2.42 bits per heavy atom. The van der Waals surface area contributed by atoms with E-state index in [4.69, 9.17) is 0 Å². The third-order valence-corrected chi connectivity index (χ3v) is 3.17. The molecule has 0 radical (unpaired) electrons. The van der Waals surface area contributed by atoms with Gasteiger partial charge in [0.1, 0.15) is 0 Å². The Bertz CT molecular complexity index is 549. The molecule has 0 spiro atoms. The molecule has 2 aromatic carbocycles.